The van der Waals surface area contributed by atoms with Crippen LogP contribution in [-0.2, 0) is 0 Å². The molecule has 0 bridgehead atoms. The zero-order valence-corrected chi connectivity index (χ0v) is 16.7. The van der Waals surface area contributed by atoms with Crippen LogP contribution in [0.5, 0.6) is 0 Å². The maximum atomic E-state index is 12.7. The van der Waals surface area contributed by atoms with Crippen LogP contribution in [0.25, 0.3) is 16.7 Å². The van der Waals surface area contributed by atoms with Crippen LogP contribution in [0.2, 0.25) is 0 Å². The number of nitro benzene ring substituents is 1. The molecule has 0 radical (unpaired) electrons. The topological polar surface area (TPSA) is 103 Å². The fourth-order valence-electron chi connectivity index (χ4n) is 3.14. The lowest BCUT2D eigenvalue weighted by Crippen LogP contribution is -2.13. The number of hydrogen-bond acceptors (Lipinski definition) is 5. The normalized spacial score (nSPS) is 10.9. The lowest BCUT2D eigenvalue weighted by molar-refractivity contribution is -0.385. The van der Waals surface area contributed by atoms with Crippen molar-refractivity contribution < 1.29 is 9.72 Å². The first-order valence-electron chi connectivity index (χ1n) is 9.33. The van der Waals surface area contributed by atoms with Gasteiger partial charge in [-0.2, -0.15) is 4.80 Å². The fraction of sp³-hybridized carbons (Fsp3) is 0.136. The van der Waals surface area contributed by atoms with Crippen molar-refractivity contribution in [2.24, 2.45) is 0 Å². The van der Waals surface area contributed by atoms with E-state index in [1.54, 1.807) is 29.9 Å². The Morgan fingerprint density at radius 1 is 0.933 bits per heavy atom. The number of amides is 1. The molecule has 8 heteroatoms. The molecule has 0 saturated carbocycles. The Labute approximate surface area is 172 Å². The third kappa shape index (κ3) is 3.62. The quantitative estimate of drug-likeness (QED) is 0.400. The standard InChI is InChI=1S/C22H19N5O3/c1-13-4-8-17(9-5-13)26-24-19-10-15(3)18(12-20(19)25-26)23-22(28)16-7-6-14(2)21(11-16)27(29)30/h4-12H,1-3H3,(H,23,28). The summed E-state index contributed by atoms with van der Waals surface area (Å²) in [7, 11) is 0. The van der Waals surface area contributed by atoms with E-state index < -0.39 is 10.8 Å². The number of benzene rings is 3. The van der Waals surface area contributed by atoms with Gasteiger partial charge in [-0.3, -0.25) is 14.9 Å². The lowest BCUT2D eigenvalue weighted by atomic mass is 10.1. The van der Waals surface area contributed by atoms with Crippen LogP contribution < -0.4 is 5.32 Å². The van der Waals surface area contributed by atoms with E-state index in [1.807, 2.05) is 44.2 Å². The van der Waals surface area contributed by atoms with Crippen LogP contribution in [0.4, 0.5) is 11.4 Å². The van der Waals surface area contributed by atoms with E-state index in [0.717, 1.165) is 16.8 Å². The van der Waals surface area contributed by atoms with Crippen LogP contribution in [0.1, 0.15) is 27.0 Å². The Morgan fingerprint density at radius 3 is 2.27 bits per heavy atom. The Balaban J connectivity index is 1.65. The summed E-state index contributed by atoms with van der Waals surface area (Å²) in [6, 6.07) is 15.9. The highest BCUT2D eigenvalue weighted by molar-refractivity contribution is 6.05. The number of carbonyl (C=O) groups is 1. The molecule has 0 spiro atoms. The van der Waals surface area contributed by atoms with Crippen LogP contribution in [0.3, 0.4) is 0 Å². The minimum Gasteiger partial charge on any atom is -0.322 e. The molecular formula is C22H19N5O3. The zero-order chi connectivity index (χ0) is 21.4. The molecule has 4 rings (SSSR count). The Morgan fingerprint density at radius 2 is 1.60 bits per heavy atom. The summed E-state index contributed by atoms with van der Waals surface area (Å²) in [5, 5.41) is 23.0. The van der Waals surface area contributed by atoms with Gasteiger partial charge in [0.25, 0.3) is 11.6 Å². The number of rotatable bonds is 4. The van der Waals surface area contributed by atoms with Crippen molar-refractivity contribution in [3.8, 4) is 5.69 Å². The fourth-order valence-corrected chi connectivity index (χ4v) is 3.14. The summed E-state index contributed by atoms with van der Waals surface area (Å²) < 4.78 is 0. The summed E-state index contributed by atoms with van der Waals surface area (Å²) in [5.74, 6) is -0.425. The predicted molar refractivity (Wildman–Crippen MR) is 114 cm³/mol. The molecule has 8 nitrogen and oxygen atoms in total. The SMILES string of the molecule is Cc1ccc(-n2nc3cc(C)c(NC(=O)c4ccc(C)c([N+](=O)[O-])c4)cc3n2)cc1. The van der Waals surface area contributed by atoms with E-state index in [0.29, 0.717) is 22.3 Å². The van der Waals surface area contributed by atoms with E-state index in [1.165, 1.54) is 6.07 Å². The number of nitro groups is 1. The van der Waals surface area contributed by atoms with Crippen LogP contribution in [-0.4, -0.2) is 25.8 Å². The number of anilines is 1. The van der Waals surface area contributed by atoms with Crippen molar-refractivity contribution in [2.45, 2.75) is 20.8 Å². The first-order valence-corrected chi connectivity index (χ1v) is 9.33. The minimum absolute atomic E-state index is 0.0872. The van der Waals surface area contributed by atoms with E-state index in [-0.39, 0.29) is 11.3 Å². The van der Waals surface area contributed by atoms with Crippen molar-refractivity contribution in [3.05, 3.63) is 87.0 Å². The zero-order valence-electron chi connectivity index (χ0n) is 16.7. The van der Waals surface area contributed by atoms with Crippen LogP contribution in [0.15, 0.2) is 54.6 Å². The number of nitrogens with one attached hydrogen (secondary N) is 1. The van der Waals surface area contributed by atoms with Crippen LogP contribution >= 0.6 is 0 Å². The van der Waals surface area contributed by atoms with Gasteiger partial charge in [0, 0.05) is 22.9 Å². The number of aryl methyl sites for hydroxylation is 3. The van der Waals surface area contributed by atoms with Gasteiger partial charge in [0.1, 0.15) is 11.0 Å². The highest BCUT2D eigenvalue weighted by Crippen LogP contribution is 2.24. The van der Waals surface area contributed by atoms with Gasteiger partial charge in [0.05, 0.1) is 10.6 Å². The molecule has 4 aromatic rings. The second-order valence-corrected chi connectivity index (χ2v) is 7.19. The second-order valence-electron chi connectivity index (χ2n) is 7.19. The molecule has 1 amide bonds. The van der Waals surface area contributed by atoms with Gasteiger partial charge in [0.15, 0.2) is 0 Å². The summed E-state index contributed by atoms with van der Waals surface area (Å²) >= 11 is 0. The van der Waals surface area contributed by atoms with Gasteiger partial charge in [-0.05, 0) is 56.7 Å². The highest BCUT2D eigenvalue weighted by atomic mass is 16.6. The number of fused-ring (bicyclic) bond motifs is 1. The molecular weight excluding hydrogens is 382 g/mol. The molecule has 0 atom stereocenters. The predicted octanol–water partition coefficient (Wildman–Crippen LogP) is 4.51. The van der Waals surface area contributed by atoms with Gasteiger partial charge in [-0.25, -0.2) is 0 Å². The summed E-state index contributed by atoms with van der Waals surface area (Å²) in [5.41, 5.74) is 5.34. The molecule has 0 aliphatic rings. The molecule has 1 N–H and O–H groups in total. The molecule has 1 heterocycles. The second kappa shape index (κ2) is 7.40. The molecule has 150 valence electrons. The maximum Gasteiger partial charge on any atom is 0.273 e. The Bertz CT molecular complexity index is 1290. The van der Waals surface area contributed by atoms with E-state index >= 15 is 0 Å². The smallest absolute Gasteiger partial charge is 0.273 e. The van der Waals surface area contributed by atoms with E-state index in [4.69, 9.17) is 0 Å². The summed E-state index contributed by atoms with van der Waals surface area (Å²) in [6.45, 7) is 5.50. The van der Waals surface area contributed by atoms with Crippen molar-refractivity contribution >= 4 is 28.3 Å². The van der Waals surface area contributed by atoms with Gasteiger partial charge in [-0.15, -0.1) is 10.2 Å². The third-order valence-electron chi connectivity index (χ3n) is 4.91. The van der Waals surface area contributed by atoms with Crippen LogP contribution in [0, 0.1) is 30.9 Å². The number of aromatic nitrogens is 3. The van der Waals surface area contributed by atoms with Gasteiger partial charge in [-0.1, -0.05) is 23.8 Å². The summed E-state index contributed by atoms with van der Waals surface area (Å²) in [4.78, 5) is 24.9. The average molecular weight is 401 g/mol. The van der Waals surface area contributed by atoms with E-state index in [9.17, 15) is 14.9 Å². The largest absolute Gasteiger partial charge is 0.322 e. The Hall–Kier alpha value is -4.07. The number of carbonyl (C=O) groups excluding carboxylic acids is 1. The molecule has 0 unspecified atom stereocenters. The first-order chi connectivity index (χ1) is 14.3. The molecule has 0 fully saturated rings. The minimum atomic E-state index is -0.493. The molecule has 1 aromatic heterocycles. The van der Waals surface area contributed by atoms with Crippen molar-refractivity contribution in [3.63, 3.8) is 0 Å². The third-order valence-corrected chi connectivity index (χ3v) is 4.91. The number of nitrogens with zero attached hydrogens (tertiary/aromatic N) is 4. The van der Waals surface area contributed by atoms with Crippen molar-refractivity contribution in [1.82, 2.24) is 15.0 Å². The van der Waals surface area contributed by atoms with E-state index in [2.05, 4.69) is 15.5 Å². The van der Waals surface area contributed by atoms with Gasteiger partial charge in [0.2, 0.25) is 0 Å². The summed E-state index contributed by atoms with van der Waals surface area (Å²) in [6.07, 6.45) is 0. The molecule has 3 aromatic carbocycles. The molecule has 0 aliphatic heterocycles. The first kappa shape index (κ1) is 19.3. The van der Waals surface area contributed by atoms with Crippen molar-refractivity contribution in [1.29, 1.82) is 0 Å². The average Bonchev–Trinajstić information content (AvgIpc) is 3.11. The molecule has 30 heavy (non-hydrogen) atoms. The van der Waals surface area contributed by atoms with Gasteiger partial charge >= 0.3 is 0 Å². The Kier molecular flexibility index (Phi) is 4.75. The number of hydrogen-bond donors (Lipinski definition) is 1. The lowest BCUT2D eigenvalue weighted by Gasteiger charge is -2.08. The monoisotopic (exact) mass is 401 g/mol. The highest BCUT2D eigenvalue weighted by Gasteiger charge is 2.16. The van der Waals surface area contributed by atoms with Crippen molar-refractivity contribution in [2.75, 3.05) is 5.32 Å². The molecule has 0 aliphatic carbocycles. The maximum absolute atomic E-state index is 12.7. The van der Waals surface area contributed by atoms with Gasteiger partial charge < -0.3 is 5.32 Å². The molecule has 0 saturated heterocycles.